The standard InChI is InChI=1S/C6H10N2O/c9-5-6(4-8-6)2-1-3-7-5/h8H,1-4H2,(H,7,9)/t6-/m0/s1. The molecule has 0 unspecified atom stereocenters. The Morgan fingerprint density at radius 3 is 2.78 bits per heavy atom. The highest BCUT2D eigenvalue weighted by Gasteiger charge is 2.50. The zero-order valence-corrected chi connectivity index (χ0v) is 5.24. The van der Waals surface area contributed by atoms with Crippen LogP contribution in [0.3, 0.4) is 0 Å². The Balaban J connectivity index is 2.12. The number of hydrogen-bond acceptors (Lipinski definition) is 2. The van der Waals surface area contributed by atoms with Crippen LogP contribution in [0, 0.1) is 0 Å². The largest absolute Gasteiger partial charge is 0.354 e. The normalized spacial score (nSPS) is 40.7. The van der Waals surface area contributed by atoms with Gasteiger partial charge in [-0.2, -0.15) is 0 Å². The number of amides is 1. The number of carbonyl (C=O) groups is 1. The zero-order valence-electron chi connectivity index (χ0n) is 5.24. The maximum Gasteiger partial charge on any atom is 0.241 e. The summed E-state index contributed by atoms with van der Waals surface area (Å²) in [7, 11) is 0. The Hall–Kier alpha value is -0.570. The summed E-state index contributed by atoms with van der Waals surface area (Å²) >= 11 is 0. The van der Waals surface area contributed by atoms with E-state index in [0.29, 0.717) is 0 Å². The molecule has 1 spiro atoms. The van der Waals surface area contributed by atoms with Crippen molar-refractivity contribution in [3.63, 3.8) is 0 Å². The Labute approximate surface area is 53.8 Å². The van der Waals surface area contributed by atoms with E-state index < -0.39 is 0 Å². The minimum absolute atomic E-state index is 0.113. The predicted molar refractivity (Wildman–Crippen MR) is 33.0 cm³/mol. The molecule has 0 radical (unpaired) electrons. The first kappa shape index (κ1) is 5.23. The molecule has 2 heterocycles. The maximum absolute atomic E-state index is 11.0. The Morgan fingerprint density at radius 1 is 1.56 bits per heavy atom. The molecule has 1 amide bonds. The second-order valence-corrected chi connectivity index (χ2v) is 2.80. The van der Waals surface area contributed by atoms with Gasteiger partial charge >= 0.3 is 0 Å². The number of piperidine rings is 1. The molecular formula is C6H10N2O. The molecule has 2 aliphatic heterocycles. The van der Waals surface area contributed by atoms with E-state index in [0.717, 1.165) is 25.9 Å². The van der Waals surface area contributed by atoms with Gasteiger partial charge in [0.05, 0.1) is 0 Å². The van der Waals surface area contributed by atoms with E-state index >= 15 is 0 Å². The highest BCUT2D eigenvalue weighted by atomic mass is 16.2. The Bertz CT molecular complexity index is 151. The molecule has 0 saturated carbocycles. The smallest absolute Gasteiger partial charge is 0.241 e. The van der Waals surface area contributed by atoms with E-state index in [4.69, 9.17) is 0 Å². The number of nitrogens with one attached hydrogen (secondary N) is 2. The summed E-state index contributed by atoms with van der Waals surface area (Å²) in [5.41, 5.74) is -0.113. The molecule has 9 heavy (non-hydrogen) atoms. The summed E-state index contributed by atoms with van der Waals surface area (Å²) in [4.78, 5) is 11.0. The van der Waals surface area contributed by atoms with Gasteiger partial charge in [0.25, 0.3) is 0 Å². The number of rotatable bonds is 0. The predicted octanol–water partition coefficient (Wildman–Crippen LogP) is -0.762. The summed E-state index contributed by atoms with van der Waals surface area (Å²) in [6.45, 7) is 1.75. The van der Waals surface area contributed by atoms with Crippen LogP contribution in [0.2, 0.25) is 0 Å². The Kier molecular flexibility index (Phi) is 0.858. The van der Waals surface area contributed by atoms with E-state index in [9.17, 15) is 4.79 Å². The van der Waals surface area contributed by atoms with Crippen LogP contribution in [0.25, 0.3) is 0 Å². The molecule has 0 aromatic rings. The van der Waals surface area contributed by atoms with E-state index in [1.54, 1.807) is 0 Å². The van der Waals surface area contributed by atoms with Gasteiger partial charge in [-0.1, -0.05) is 0 Å². The summed E-state index contributed by atoms with van der Waals surface area (Å²) in [6, 6.07) is 0. The molecule has 1 atom stereocenters. The van der Waals surface area contributed by atoms with Crippen molar-refractivity contribution in [3.8, 4) is 0 Å². The van der Waals surface area contributed by atoms with Gasteiger partial charge in [0.15, 0.2) is 0 Å². The molecule has 50 valence electrons. The van der Waals surface area contributed by atoms with E-state index in [1.807, 2.05) is 0 Å². The molecule has 0 aliphatic carbocycles. The van der Waals surface area contributed by atoms with Crippen molar-refractivity contribution in [2.75, 3.05) is 13.1 Å². The lowest BCUT2D eigenvalue weighted by Gasteiger charge is -2.18. The molecule has 0 bridgehead atoms. The lowest BCUT2D eigenvalue weighted by Crippen LogP contribution is -2.44. The summed E-state index contributed by atoms with van der Waals surface area (Å²) in [5.74, 6) is 0.203. The molecule has 2 aliphatic rings. The van der Waals surface area contributed by atoms with Crippen LogP contribution in [0.15, 0.2) is 0 Å². The third kappa shape index (κ3) is 0.645. The monoisotopic (exact) mass is 126 g/mol. The fourth-order valence-corrected chi connectivity index (χ4v) is 1.32. The van der Waals surface area contributed by atoms with Crippen molar-refractivity contribution in [1.82, 2.24) is 10.6 Å². The van der Waals surface area contributed by atoms with Crippen molar-refractivity contribution in [3.05, 3.63) is 0 Å². The van der Waals surface area contributed by atoms with Gasteiger partial charge in [0.1, 0.15) is 5.54 Å². The quantitative estimate of drug-likeness (QED) is 0.419. The van der Waals surface area contributed by atoms with E-state index in [1.165, 1.54) is 0 Å². The van der Waals surface area contributed by atoms with Gasteiger partial charge in [0.2, 0.25) is 5.91 Å². The first-order valence-electron chi connectivity index (χ1n) is 3.37. The van der Waals surface area contributed by atoms with Crippen LogP contribution in [0.1, 0.15) is 12.8 Å². The molecule has 2 fully saturated rings. The van der Waals surface area contributed by atoms with Crippen molar-refractivity contribution in [2.45, 2.75) is 18.4 Å². The second kappa shape index (κ2) is 1.48. The molecule has 2 saturated heterocycles. The third-order valence-electron chi connectivity index (χ3n) is 2.10. The number of carbonyl (C=O) groups excluding carboxylic acids is 1. The molecule has 0 aromatic carbocycles. The summed E-state index contributed by atoms with van der Waals surface area (Å²) in [6.07, 6.45) is 2.15. The molecule has 2 rings (SSSR count). The van der Waals surface area contributed by atoms with Crippen LogP contribution < -0.4 is 10.6 Å². The highest BCUT2D eigenvalue weighted by Crippen LogP contribution is 2.25. The minimum atomic E-state index is -0.113. The van der Waals surface area contributed by atoms with Crippen LogP contribution in [-0.4, -0.2) is 24.5 Å². The minimum Gasteiger partial charge on any atom is -0.354 e. The van der Waals surface area contributed by atoms with Gasteiger partial charge in [-0.25, -0.2) is 0 Å². The van der Waals surface area contributed by atoms with Gasteiger partial charge in [0, 0.05) is 13.1 Å². The zero-order chi connectivity index (χ0) is 6.32. The van der Waals surface area contributed by atoms with Crippen LogP contribution in [-0.2, 0) is 4.79 Å². The van der Waals surface area contributed by atoms with E-state index in [-0.39, 0.29) is 11.4 Å². The van der Waals surface area contributed by atoms with Crippen molar-refractivity contribution in [2.24, 2.45) is 0 Å². The second-order valence-electron chi connectivity index (χ2n) is 2.80. The molecule has 3 nitrogen and oxygen atoms in total. The number of hydrogen-bond donors (Lipinski definition) is 2. The Morgan fingerprint density at radius 2 is 2.33 bits per heavy atom. The van der Waals surface area contributed by atoms with Gasteiger partial charge < -0.3 is 5.32 Å². The van der Waals surface area contributed by atoms with Crippen LogP contribution in [0.5, 0.6) is 0 Å². The van der Waals surface area contributed by atoms with Crippen molar-refractivity contribution in [1.29, 1.82) is 0 Å². The van der Waals surface area contributed by atoms with Crippen LogP contribution >= 0.6 is 0 Å². The van der Waals surface area contributed by atoms with E-state index in [2.05, 4.69) is 10.6 Å². The molecule has 3 heteroatoms. The summed E-state index contributed by atoms with van der Waals surface area (Å²) < 4.78 is 0. The lowest BCUT2D eigenvalue weighted by atomic mass is 9.99. The molecular weight excluding hydrogens is 116 g/mol. The SMILES string of the molecule is O=C1NCCC[C@]12CN2. The fourth-order valence-electron chi connectivity index (χ4n) is 1.32. The van der Waals surface area contributed by atoms with Crippen molar-refractivity contribution >= 4 is 5.91 Å². The average Bonchev–Trinajstić information content (AvgIpc) is 2.60. The maximum atomic E-state index is 11.0. The third-order valence-corrected chi connectivity index (χ3v) is 2.10. The van der Waals surface area contributed by atoms with Crippen LogP contribution in [0.4, 0.5) is 0 Å². The lowest BCUT2D eigenvalue weighted by molar-refractivity contribution is -0.124. The first-order valence-corrected chi connectivity index (χ1v) is 3.37. The first-order chi connectivity index (χ1) is 4.33. The van der Waals surface area contributed by atoms with Crippen molar-refractivity contribution < 1.29 is 4.79 Å². The summed E-state index contributed by atoms with van der Waals surface area (Å²) in [5, 5.41) is 5.92. The van der Waals surface area contributed by atoms with Gasteiger partial charge in [-0.3, -0.25) is 10.1 Å². The van der Waals surface area contributed by atoms with Gasteiger partial charge in [-0.05, 0) is 12.8 Å². The molecule has 0 aromatic heterocycles. The topological polar surface area (TPSA) is 51.0 Å². The fraction of sp³-hybridized carbons (Fsp3) is 0.833. The van der Waals surface area contributed by atoms with Gasteiger partial charge in [-0.15, -0.1) is 0 Å². The highest BCUT2D eigenvalue weighted by molar-refractivity contribution is 5.90. The molecule has 2 N–H and O–H groups in total. The average molecular weight is 126 g/mol.